The quantitative estimate of drug-likeness (QED) is 0.155. The maximum atomic E-state index is 6.00. The average Bonchev–Trinajstić information content (AvgIpc) is 3.75. The molecule has 6 aromatic rings. The molecule has 0 nitrogen and oxygen atoms in total. The summed E-state index contributed by atoms with van der Waals surface area (Å²) in [5.41, 5.74) is 11.5. The van der Waals surface area contributed by atoms with Crippen LogP contribution in [0.1, 0.15) is 81.3 Å². The Labute approximate surface area is 324 Å². The van der Waals surface area contributed by atoms with Crippen molar-refractivity contribution in [1.82, 2.24) is 0 Å². The summed E-state index contributed by atoms with van der Waals surface area (Å²) in [6.45, 7) is 19.0. The summed E-state index contributed by atoms with van der Waals surface area (Å²) in [6.07, 6.45) is 9.03. The van der Waals surface area contributed by atoms with Crippen LogP contribution in [0.25, 0.3) is 32.7 Å². The zero-order valence-electron chi connectivity index (χ0n) is 32.0. The fraction of sp³-hybridized carbons (Fsp3) is 0.245. The SMILES string of the molecule is Cl.Cl.[CH2]=[Hf]([C]1=CC=CC1)([c]1c(C)c(C(C)(C)C)cc2c1Cc1cc(C)c(C(C)(C)C)cc1-2)([c]1cccc2ccccc12)[c]1cccc2ccccc12. The monoisotopic (exact) mass is 890 g/mol. The van der Waals surface area contributed by atoms with Gasteiger partial charge < -0.3 is 0 Å². The van der Waals surface area contributed by atoms with E-state index in [0.717, 1.165) is 12.8 Å². The Bertz CT molecular complexity index is 2440. The molecule has 0 N–H and O–H groups in total. The molecule has 0 saturated heterocycles. The molecule has 0 amide bonds. The molecular formula is C49H52Cl2Hf. The topological polar surface area (TPSA) is 0 Å². The van der Waals surface area contributed by atoms with E-state index in [1.54, 1.807) is 3.32 Å². The van der Waals surface area contributed by atoms with Gasteiger partial charge in [-0.2, -0.15) is 0 Å². The number of benzene rings is 6. The normalized spacial score (nSPS) is 14.1. The van der Waals surface area contributed by atoms with Crippen molar-refractivity contribution >= 4 is 60.6 Å². The summed E-state index contributed by atoms with van der Waals surface area (Å²) in [5, 5.41) is 5.27. The molecule has 0 atom stereocenters. The zero-order valence-corrected chi connectivity index (χ0v) is 37.2. The van der Waals surface area contributed by atoms with Crippen LogP contribution < -0.4 is 9.96 Å². The Morgan fingerprint density at radius 3 is 1.65 bits per heavy atom. The summed E-state index contributed by atoms with van der Waals surface area (Å²) in [5.74, 6) is 0. The van der Waals surface area contributed by atoms with Gasteiger partial charge in [-0.1, -0.05) is 0 Å². The van der Waals surface area contributed by atoms with Gasteiger partial charge in [0.1, 0.15) is 0 Å². The van der Waals surface area contributed by atoms with Crippen molar-refractivity contribution in [2.45, 2.75) is 79.1 Å². The molecule has 0 aromatic heterocycles. The second-order valence-electron chi connectivity index (χ2n) is 17.3. The van der Waals surface area contributed by atoms with Crippen LogP contribution in [0.4, 0.5) is 0 Å². The molecule has 6 aromatic carbocycles. The van der Waals surface area contributed by atoms with Crippen LogP contribution in [0, 0.1) is 13.8 Å². The fourth-order valence-corrected chi connectivity index (χ4v) is 36.4. The number of aryl methyl sites for hydroxylation is 1. The van der Waals surface area contributed by atoms with E-state index in [1.165, 1.54) is 76.0 Å². The van der Waals surface area contributed by atoms with Crippen LogP contribution in [-0.2, 0) is 35.3 Å². The number of fused-ring (bicyclic) bond motifs is 5. The van der Waals surface area contributed by atoms with Crippen molar-refractivity contribution in [3.63, 3.8) is 0 Å². The molecule has 2 aliphatic rings. The fourth-order valence-electron chi connectivity index (χ4n) is 10.1. The van der Waals surface area contributed by atoms with E-state index >= 15 is 0 Å². The van der Waals surface area contributed by atoms with E-state index in [-0.39, 0.29) is 35.6 Å². The van der Waals surface area contributed by atoms with Crippen molar-refractivity contribution < 1.29 is 18.0 Å². The van der Waals surface area contributed by atoms with Gasteiger partial charge in [0.05, 0.1) is 0 Å². The molecule has 0 bridgehead atoms. The van der Waals surface area contributed by atoms with Gasteiger partial charge in [0.25, 0.3) is 0 Å². The first-order valence-corrected chi connectivity index (χ1v) is 28.1. The van der Waals surface area contributed by atoms with Crippen LogP contribution in [0.2, 0.25) is 0 Å². The zero-order chi connectivity index (χ0) is 35.2. The molecule has 8 rings (SSSR count). The Kier molecular flexibility index (Phi) is 9.73. The van der Waals surface area contributed by atoms with Gasteiger partial charge >= 0.3 is 302 Å². The maximum absolute atomic E-state index is 6.00. The predicted molar refractivity (Wildman–Crippen MR) is 232 cm³/mol. The van der Waals surface area contributed by atoms with Gasteiger partial charge in [0.2, 0.25) is 0 Å². The van der Waals surface area contributed by atoms with Crippen molar-refractivity contribution in [3.05, 3.63) is 158 Å². The summed E-state index contributed by atoms with van der Waals surface area (Å²) in [7, 11) is 0. The van der Waals surface area contributed by atoms with Gasteiger partial charge in [0.15, 0.2) is 0 Å². The predicted octanol–water partition coefficient (Wildman–Crippen LogP) is 11.9. The van der Waals surface area contributed by atoms with Crippen LogP contribution >= 0.6 is 24.8 Å². The second-order valence-corrected chi connectivity index (χ2v) is 35.7. The minimum atomic E-state index is -5.37. The molecule has 0 spiro atoms. The molecule has 3 heteroatoms. The number of halogens is 2. The summed E-state index contributed by atoms with van der Waals surface area (Å²) < 4.78 is 12.0. The van der Waals surface area contributed by atoms with Gasteiger partial charge in [-0.3, -0.25) is 0 Å². The van der Waals surface area contributed by atoms with Gasteiger partial charge in [-0.15, -0.1) is 24.8 Å². The number of hydrogen-bond acceptors (Lipinski definition) is 0. The molecule has 0 aliphatic heterocycles. The first-order chi connectivity index (χ1) is 23.7. The third kappa shape index (κ3) is 5.44. The standard InChI is InChI=1S/C23H29.2C10H7.C5H5.CH2.2ClH.Hf/c1-14-9-16-11-17-10-15(2)21(23(6,7)8)13-19(17)18(16)12-20(14)22(3,4)5;2*1-2-6-10-8-4-3-7-9(10)5-1;1-2-4-5-3-1;;;;/h9,12-13H,11H2,1-8H3;2*1-7H;1-3H,4H2;1H2;2*1H;. The molecule has 0 radical (unpaired) electrons. The van der Waals surface area contributed by atoms with Crippen LogP contribution in [0.3, 0.4) is 0 Å². The summed E-state index contributed by atoms with van der Waals surface area (Å²) >= 11 is -5.37. The van der Waals surface area contributed by atoms with Gasteiger partial charge in [-0.05, 0) is 0 Å². The van der Waals surface area contributed by atoms with Gasteiger partial charge in [0, 0.05) is 0 Å². The molecule has 0 heterocycles. The summed E-state index contributed by atoms with van der Waals surface area (Å²) in [4.78, 5) is 0. The number of allylic oxidation sites excluding steroid dienone is 4. The first-order valence-electron chi connectivity index (χ1n) is 18.4. The molecule has 52 heavy (non-hydrogen) atoms. The van der Waals surface area contributed by atoms with E-state index in [0.29, 0.717) is 0 Å². The number of rotatable bonds is 4. The van der Waals surface area contributed by atoms with E-state index in [4.69, 9.17) is 4.26 Å². The number of hydrogen-bond donors (Lipinski definition) is 0. The third-order valence-corrected chi connectivity index (χ3v) is 36.7. The summed E-state index contributed by atoms with van der Waals surface area (Å²) in [6, 6.07) is 39.9. The van der Waals surface area contributed by atoms with Crippen LogP contribution in [0.15, 0.2) is 125 Å². The van der Waals surface area contributed by atoms with Crippen molar-refractivity contribution in [3.8, 4) is 11.1 Å². The molecule has 0 fully saturated rings. The van der Waals surface area contributed by atoms with E-state index in [9.17, 15) is 0 Å². The Morgan fingerprint density at radius 1 is 0.615 bits per heavy atom. The minimum absolute atomic E-state index is 0. The Hall–Kier alpha value is -3.36. The van der Waals surface area contributed by atoms with Crippen molar-refractivity contribution in [2.24, 2.45) is 0 Å². The van der Waals surface area contributed by atoms with E-state index in [1.807, 2.05) is 0 Å². The molecule has 2 aliphatic carbocycles. The van der Waals surface area contributed by atoms with Crippen molar-refractivity contribution in [1.29, 1.82) is 0 Å². The second kappa shape index (κ2) is 13.2. The molecule has 0 saturated carbocycles. The molecule has 266 valence electrons. The van der Waals surface area contributed by atoms with Crippen LogP contribution in [0.5, 0.6) is 0 Å². The van der Waals surface area contributed by atoms with Gasteiger partial charge in [-0.25, -0.2) is 0 Å². The van der Waals surface area contributed by atoms with Crippen molar-refractivity contribution in [2.75, 3.05) is 0 Å². The molecular weight excluding hydrogens is 838 g/mol. The third-order valence-electron chi connectivity index (χ3n) is 12.2. The molecule has 0 unspecified atom stereocenters. The first kappa shape index (κ1) is 38.4. The van der Waals surface area contributed by atoms with Crippen LogP contribution in [-0.4, -0.2) is 4.26 Å². The van der Waals surface area contributed by atoms with E-state index < -0.39 is 18.0 Å². The average molecular weight is 890 g/mol. The Morgan fingerprint density at radius 2 is 1.13 bits per heavy atom. The Balaban J connectivity index is 0.00000232. The van der Waals surface area contributed by atoms with E-state index in [2.05, 4.69) is 177 Å².